The number of hydrogen-bond donors (Lipinski definition) is 1. The van der Waals surface area contributed by atoms with E-state index in [0.29, 0.717) is 20.2 Å². The lowest BCUT2D eigenvalue weighted by atomic mass is 9.99. The van der Waals surface area contributed by atoms with Crippen LogP contribution in [-0.4, -0.2) is 11.3 Å². The van der Waals surface area contributed by atoms with Crippen LogP contribution in [0.5, 0.6) is 0 Å². The molecule has 3 rings (SSSR count). The van der Waals surface area contributed by atoms with E-state index in [9.17, 15) is 4.79 Å². The first-order valence-corrected chi connectivity index (χ1v) is 8.15. The molecule has 0 atom stereocenters. The number of rotatable bonds is 3. The van der Waals surface area contributed by atoms with E-state index in [-0.39, 0.29) is 0 Å². The van der Waals surface area contributed by atoms with E-state index < -0.39 is 0 Å². The van der Waals surface area contributed by atoms with Gasteiger partial charge in [-0.15, -0.1) is 11.3 Å². The average Bonchev–Trinajstić information content (AvgIpc) is 2.97. The minimum Gasteiger partial charge on any atom is -0.354 e. The summed E-state index contributed by atoms with van der Waals surface area (Å²) in [6.45, 7) is 4.26. The molecule has 0 radical (unpaired) electrons. The third-order valence-corrected chi connectivity index (χ3v) is 5.06. The number of nitrogens with one attached hydrogen (secondary N) is 1. The van der Waals surface area contributed by atoms with Gasteiger partial charge in [0.2, 0.25) is 0 Å². The molecular formula is C16H13Cl2NOS. The minimum atomic E-state index is 0.362. The first kappa shape index (κ1) is 14.6. The molecule has 2 nitrogen and oxygen atoms in total. The van der Waals surface area contributed by atoms with Crippen LogP contribution >= 0.6 is 34.5 Å². The van der Waals surface area contributed by atoms with E-state index in [1.54, 1.807) is 6.07 Å². The molecular weight excluding hydrogens is 325 g/mol. The van der Waals surface area contributed by atoms with Crippen LogP contribution in [0.4, 0.5) is 0 Å². The topological polar surface area (TPSA) is 32.9 Å². The van der Waals surface area contributed by atoms with Crippen LogP contribution in [-0.2, 0) is 0 Å². The second kappa shape index (κ2) is 5.48. The van der Waals surface area contributed by atoms with Crippen LogP contribution in [0.1, 0.15) is 35.7 Å². The molecule has 0 fully saturated rings. The summed E-state index contributed by atoms with van der Waals surface area (Å²) < 4.78 is 1.19. The average molecular weight is 338 g/mol. The number of hydrogen-bond acceptors (Lipinski definition) is 2. The van der Waals surface area contributed by atoms with Crippen LogP contribution in [0.25, 0.3) is 22.2 Å². The molecule has 0 aliphatic carbocycles. The van der Waals surface area contributed by atoms with Gasteiger partial charge in [-0.05, 0) is 17.5 Å². The van der Waals surface area contributed by atoms with Crippen molar-refractivity contribution >= 4 is 51.7 Å². The summed E-state index contributed by atoms with van der Waals surface area (Å²) in [7, 11) is 0. The van der Waals surface area contributed by atoms with Gasteiger partial charge in [0.25, 0.3) is 0 Å². The van der Waals surface area contributed by atoms with Crippen LogP contribution in [0.3, 0.4) is 0 Å². The Hall–Kier alpha value is -1.29. The number of carbonyl (C=O) groups excluding carboxylic acids is 1. The molecule has 0 aliphatic rings. The van der Waals surface area contributed by atoms with Gasteiger partial charge in [-0.1, -0.05) is 55.2 Å². The lowest BCUT2D eigenvalue weighted by molar-refractivity contribution is 0.112. The van der Waals surface area contributed by atoms with Crippen molar-refractivity contribution in [1.29, 1.82) is 0 Å². The highest BCUT2D eigenvalue weighted by atomic mass is 35.5. The molecule has 0 saturated carbocycles. The second-order valence-corrected chi connectivity index (χ2v) is 7.48. The van der Waals surface area contributed by atoms with Crippen molar-refractivity contribution in [2.24, 2.45) is 0 Å². The monoisotopic (exact) mass is 337 g/mol. The molecule has 0 saturated heterocycles. The second-order valence-electron chi connectivity index (χ2n) is 5.19. The summed E-state index contributed by atoms with van der Waals surface area (Å²) in [6.07, 6.45) is 0.875. The van der Waals surface area contributed by atoms with E-state index in [0.717, 1.165) is 28.4 Å². The van der Waals surface area contributed by atoms with E-state index in [1.165, 1.54) is 16.9 Å². The van der Waals surface area contributed by atoms with E-state index in [2.05, 4.69) is 24.9 Å². The Morgan fingerprint density at radius 1 is 1.29 bits per heavy atom. The van der Waals surface area contributed by atoms with Crippen molar-refractivity contribution in [1.82, 2.24) is 4.98 Å². The van der Waals surface area contributed by atoms with Crippen LogP contribution in [0.15, 0.2) is 24.3 Å². The quantitative estimate of drug-likeness (QED) is 0.572. The molecule has 3 aromatic rings. The predicted molar refractivity (Wildman–Crippen MR) is 91.1 cm³/mol. The Balaban J connectivity index is 2.36. The first-order chi connectivity index (χ1) is 10.0. The van der Waals surface area contributed by atoms with Crippen molar-refractivity contribution in [3.63, 3.8) is 0 Å². The maximum absolute atomic E-state index is 11.6. The number of thiophene rings is 1. The van der Waals surface area contributed by atoms with E-state index in [4.69, 9.17) is 23.2 Å². The van der Waals surface area contributed by atoms with Crippen LogP contribution in [0, 0.1) is 0 Å². The van der Waals surface area contributed by atoms with Gasteiger partial charge in [-0.25, -0.2) is 0 Å². The molecule has 2 aromatic heterocycles. The smallest absolute Gasteiger partial charge is 0.152 e. The molecule has 0 spiro atoms. The van der Waals surface area contributed by atoms with Crippen molar-refractivity contribution in [3.8, 4) is 11.3 Å². The van der Waals surface area contributed by atoms with Gasteiger partial charge >= 0.3 is 0 Å². The molecule has 0 amide bonds. The van der Waals surface area contributed by atoms with Crippen molar-refractivity contribution in [2.75, 3.05) is 0 Å². The van der Waals surface area contributed by atoms with Crippen molar-refractivity contribution < 1.29 is 4.79 Å². The van der Waals surface area contributed by atoms with Crippen molar-refractivity contribution in [3.05, 3.63) is 44.1 Å². The molecule has 1 aromatic carbocycles. The normalized spacial score (nSPS) is 11.5. The molecule has 2 heterocycles. The predicted octanol–water partition coefficient (Wildman–Crippen LogP) is 6.14. The number of carbonyl (C=O) groups is 1. The number of aldehydes is 1. The molecule has 0 bridgehead atoms. The number of halogens is 2. The summed E-state index contributed by atoms with van der Waals surface area (Å²) in [5, 5.41) is 0.921. The molecule has 0 aliphatic heterocycles. The lowest BCUT2D eigenvalue weighted by Crippen LogP contribution is -1.88. The molecule has 0 unspecified atom stereocenters. The van der Waals surface area contributed by atoms with Crippen molar-refractivity contribution in [2.45, 2.75) is 19.8 Å². The highest BCUT2D eigenvalue weighted by molar-refractivity contribution is 7.20. The lowest BCUT2D eigenvalue weighted by Gasteiger charge is -2.06. The Morgan fingerprint density at radius 2 is 2.05 bits per heavy atom. The third kappa shape index (κ3) is 2.39. The molecule has 1 N–H and O–H groups in total. The Kier molecular flexibility index (Phi) is 3.82. The minimum absolute atomic E-state index is 0.362. The maximum atomic E-state index is 11.6. The van der Waals surface area contributed by atoms with Gasteiger partial charge in [0, 0.05) is 16.5 Å². The fourth-order valence-electron chi connectivity index (χ4n) is 2.59. The van der Waals surface area contributed by atoms with Gasteiger partial charge in [-0.3, -0.25) is 4.79 Å². The number of benzene rings is 1. The summed E-state index contributed by atoms with van der Waals surface area (Å²) in [6, 6.07) is 7.79. The number of H-pyrrole nitrogens is 1. The number of aromatic amines is 1. The van der Waals surface area contributed by atoms with Gasteiger partial charge in [0.1, 0.15) is 4.34 Å². The van der Waals surface area contributed by atoms with Crippen LogP contribution in [0.2, 0.25) is 8.67 Å². The third-order valence-electron chi connectivity index (χ3n) is 3.57. The summed E-state index contributed by atoms with van der Waals surface area (Å²) in [5.74, 6) is 0.362. The Morgan fingerprint density at radius 3 is 2.62 bits per heavy atom. The molecule has 21 heavy (non-hydrogen) atoms. The zero-order chi connectivity index (χ0) is 15.1. The van der Waals surface area contributed by atoms with E-state index in [1.807, 2.05) is 12.1 Å². The first-order valence-electron chi connectivity index (χ1n) is 6.58. The highest BCUT2D eigenvalue weighted by Crippen LogP contribution is 2.41. The standard InChI is InChI=1S/C16H13Cl2NOS/c1-8(2)9-4-3-5-10-12(7-20)15(19-14(9)10)11-6-13(17)21-16(11)18/h3-8,19H,1-2H3. The zero-order valence-corrected chi connectivity index (χ0v) is 13.9. The van der Waals surface area contributed by atoms with Gasteiger partial charge in [0.05, 0.1) is 15.5 Å². The Bertz CT molecular complexity index is 832. The fourth-order valence-corrected chi connectivity index (χ4v) is 4.06. The number of para-hydroxylation sites is 1. The molecule has 108 valence electrons. The van der Waals surface area contributed by atoms with E-state index >= 15 is 0 Å². The number of aromatic nitrogens is 1. The maximum Gasteiger partial charge on any atom is 0.152 e. The zero-order valence-electron chi connectivity index (χ0n) is 11.5. The summed E-state index contributed by atoms with van der Waals surface area (Å²) in [4.78, 5) is 15.0. The fraction of sp³-hybridized carbons (Fsp3) is 0.188. The van der Waals surface area contributed by atoms with Gasteiger partial charge in [-0.2, -0.15) is 0 Å². The van der Waals surface area contributed by atoms with Crippen LogP contribution < -0.4 is 0 Å². The SMILES string of the molecule is CC(C)c1cccc2c(C=O)c(-c3cc(Cl)sc3Cl)[nH]c12. The number of fused-ring (bicyclic) bond motifs is 1. The van der Waals surface area contributed by atoms with Gasteiger partial charge < -0.3 is 4.98 Å². The summed E-state index contributed by atoms with van der Waals surface area (Å²) in [5.41, 5.74) is 4.31. The highest BCUT2D eigenvalue weighted by Gasteiger charge is 2.19. The largest absolute Gasteiger partial charge is 0.354 e. The summed E-state index contributed by atoms with van der Waals surface area (Å²) >= 11 is 13.6. The Labute approximate surface area is 136 Å². The van der Waals surface area contributed by atoms with Gasteiger partial charge in [0.15, 0.2) is 6.29 Å². The molecule has 5 heteroatoms.